The lowest BCUT2D eigenvalue weighted by molar-refractivity contribution is 0.364. The van der Waals surface area contributed by atoms with Gasteiger partial charge >= 0.3 is 0 Å². The van der Waals surface area contributed by atoms with E-state index in [1.54, 1.807) is 16.6 Å². The fourth-order valence-electron chi connectivity index (χ4n) is 2.68. The Labute approximate surface area is 122 Å². The van der Waals surface area contributed by atoms with Crippen LogP contribution in [0.15, 0.2) is 17.2 Å². The summed E-state index contributed by atoms with van der Waals surface area (Å²) >= 11 is 0. The summed E-state index contributed by atoms with van der Waals surface area (Å²) in [6.07, 6.45) is 7.15. The Bertz CT molecular complexity index is 529. The highest BCUT2D eigenvalue weighted by atomic mass is 32.2. The molecular weight excluding hydrogens is 274 g/mol. The van der Waals surface area contributed by atoms with Gasteiger partial charge in [-0.1, -0.05) is 19.3 Å². The van der Waals surface area contributed by atoms with Gasteiger partial charge in [0.2, 0.25) is 10.0 Å². The summed E-state index contributed by atoms with van der Waals surface area (Å²) in [4.78, 5) is 0.422. The van der Waals surface area contributed by atoms with Gasteiger partial charge in [-0.05, 0) is 26.0 Å². The van der Waals surface area contributed by atoms with Crippen LogP contribution in [0.4, 0.5) is 0 Å². The molecule has 0 spiro atoms. The number of hydrogen-bond donors (Lipinski definition) is 1. The van der Waals surface area contributed by atoms with Crippen LogP contribution in [0.3, 0.4) is 0 Å². The molecule has 2 heterocycles. The molecule has 0 aliphatic carbocycles. The van der Waals surface area contributed by atoms with Crippen molar-refractivity contribution in [2.45, 2.75) is 43.5 Å². The molecule has 1 N–H and O–H groups in total. The lowest BCUT2D eigenvalue weighted by Gasteiger charge is -2.23. The van der Waals surface area contributed by atoms with Crippen LogP contribution in [-0.4, -0.2) is 37.4 Å². The topological polar surface area (TPSA) is 54.3 Å². The minimum absolute atomic E-state index is 0.422. The minimum Gasteiger partial charge on any atom is -0.352 e. The second-order valence-electron chi connectivity index (χ2n) is 5.48. The third-order valence-electron chi connectivity index (χ3n) is 3.89. The maximum absolute atomic E-state index is 12.7. The molecule has 0 radical (unpaired) electrons. The van der Waals surface area contributed by atoms with Gasteiger partial charge in [-0.3, -0.25) is 0 Å². The fourth-order valence-corrected chi connectivity index (χ4v) is 4.30. The lowest BCUT2D eigenvalue weighted by atomic mass is 10.1. The van der Waals surface area contributed by atoms with Crippen molar-refractivity contribution in [2.75, 3.05) is 20.1 Å². The van der Waals surface area contributed by atoms with Crippen LogP contribution >= 0.6 is 0 Å². The summed E-state index contributed by atoms with van der Waals surface area (Å²) in [5.41, 5.74) is 0.984. The molecule has 0 amide bonds. The Hall–Kier alpha value is -0.850. The summed E-state index contributed by atoms with van der Waals surface area (Å²) in [5, 5.41) is 3.06. The van der Waals surface area contributed by atoms with E-state index >= 15 is 0 Å². The maximum Gasteiger partial charge on any atom is 0.244 e. The molecule has 6 heteroatoms. The highest BCUT2D eigenvalue weighted by molar-refractivity contribution is 7.89. The van der Waals surface area contributed by atoms with Crippen molar-refractivity contribution in [3.8, 4) is 0 Å². The number of sulfonamides is 1. The van der Waals surface area contributed by atoms with Gasteiger partial charge in [0.05, 0.1) is 0 Å². The molecule has 114 valence electrons. The third kappa shape index (κ3) is 3.42. The third-order valence-corrected chi connectivity index (χ3v) is 5.76. The molecule has 1 aromatic rings. The van der Waals surface area contributed by atoms with Crippen LogP contribution in [-0.2, 0) is 23.6 Å². The van der Waals surface area contributed by atoms with Crippen molar-refractivity contribution in [3.63, 3.8) is 0 Å². The van der Waals surface area contributed by atoms with Gasteiger partial charge in [0.15, 0.2) is 0 Å². The smallest absolute Gasteiger partial charge is 0.244 e. The number of hydrogen-bond acceptors (Lipinski definition) is 3. The monoisotopic (exact) mass is 299 g/mol. The van der Waals surface area contributed by atoms with Crippen molar-refractivity contribution < 1.29 is 8.42 Å². The Morgan fingerprint density at radius 3 is 2.35 bits per heavy atom. The summed E-state index contributed by atoms with van der Waals surface area (Å²) in [6, 6.07) is 1.78. The van der Waals surface area contributed by atoms with E-state index in [-0.39, 0.29) is 0 Å². The number of rotatable bonds is 4. The second-order valence-corrected chi connectivity index (χ2v) is 7.42. The lowest BCUT2D eigenvalue weighted by Crippen LogP contribution is -2.33. The van der Waals surface area contributed by atoms with Gasteiger partial charge in [-0.15, -0.1) is 0 Å². The normalized spacial score (nSPS) is 18.7. The maximum atomic E-state index is 12.7. The van der Waals surface area contributed by atoms with E-state index in [4.69, 9.17) is 0 Å². The Kier molecular flexibility index (Phi) is 5.23. The van der Waals surface area contributed by atoms with E-state index in [1.807, 2.05) is 18.7 Å². The number of nitrogens with zero attached hydrogens (tertiary/aromatic N) is 2. The molecular formula is C14H25N3O2S. The standard InChI is InChI=1S/C14H25N3O2S/c1-15-11-13-10-14(12-16(13)2)20(18,19)17-8-6-4-3-5-7-9-17/h10,12,15H,3-9,11H2,1-2H3. The van der Waals surface area contributed by atoms with Gasteiger partial charge in [0, 0.05) is 38.6 Å². The van der Waals surface area contributed by atoms with Crippen molar-refractivity contribution in [1.29, 1.82) is 0 Å². The van der Waals surface area contributed by atoms with Gasteiger partial charge in [0.25, 0.3) is 0 Å². The summed E-state index contributed by atoms with van der Waals surface area (Å²) < 4.78 is 29.0. The van der Waals surface area contributed by atoms with Crippen LogP contribution in [0, 0.1) is 0 Å². The molecule has 0 unspecified atom stereocenters. The molecule has 20 heavy (non-hydrogen) atoms. The van der Waals surface area contributed by atoms with Crippen LogP contribution in [0.1, 0.15) is 37.8 Å². The Balaban J connectivity index is 2.21. The highest BCUT2D eigenvalue weighted by Crippen LogP contribution is 2.21. The molecule has 0 aromatic carbocycles. The van der Waals surface area contributed by atoms with Crippen molar-refractivity contribution in [2.24, 2.45) is 7.05 Å². The van der Waals surface area contributed by atoms with Crippen molar-refractivity contribution in [3.05, 3.63) is 18.0 Å². The molecule has 1 aliphatic rings. The second kappa shape index (κ2) is 6.74. The minimum atomic E-state index is -3.34. The molecule has 2 rings (SSSR count). The van der Waals surface area contributed by atoms with E-state index < -0.39 is 10.0 Å². The SMILES string of the molecule is CNCc1cc(S(=O)(=O)N2CCCCCCC2)cn1C. The zero-order valence-corrected chi connectivity index (χ0v) is 13.2. The Morgan fingerprint density at radius 2 is 1.75 bits per heavy atom. The van der Waals surface area contributed by atoms with Crippen molar-refractivity contribution in [1.82, 2.24) is 14.2 Å². The quantitative estimate of drug-likeness (QED) is 0.920. The van der Waals surface area contributed by atoms with Crippen molar-refractivity contribution >= 4 is 10.0 Å². The average molecular weight is 299 g/mol. The summed E-state index contributed by atoms with van der Waals surface area (Å²) in [7, 11) is 0.412. The van der Waals surface area contributed by atoms with Crippen LogP contribution in [0.5, 0.6) is 0 Å². The predicted octanol–water partition coefficient (Wildman–Crippen LogP) is 1.70. The van der Waals surface area contributed by atoms with E-state index in [9.17, 15) is 8.42 Å². The first kappa shape index (κ1) is 15.5. The summed E-state index contributed by atoms with van der Waals surface area (Å²) in [6.45, 7) is 1.98. The first-order chi connectivity index (χ1) is 9.55. The average Bonchev–Trinajstić information content (AvgIpc) is 2.71. The Morgan fingerprint density at radius 1 is 1.15 bits per heavy atom. The highest BCUT2D eigenvalue weighted by Gasteiger charge is 2.26. The summed E-state index contributed by atoms with van der Waals surface area (Å²) in [5.74, 6) is 0. The number of aromatic nitrogens is 1. The van der Waals surface area contributed by atoms with E-state index in [0.29, 0.717) is 24.5 Å². The molecule has 0 atom stereocenters. The van der Waals surface area contributed by atoms with Gasteiger partial charge < -0.3 is 9.88 Å². The molecule has 1 saturated heterocycles. The molecule has 1 fully saturated rings. The molecule has 1 aromatic heterocycles. The number of nitrogens with one attached hydrogen (secondary N) is 1. The van der Waals surface area contributed by atoms with Crippen LogP contribution in [0.25, 0.3) is 0 Å². The van der Waals surface area contributed by atoms with E-state index in [2.05, 4.69) is 5.32 Å². The van der Waals surface area contributed by atoms with Crippen LogP contribution < -0.4 is 5.32 Å². The zero-order chi connectivity index (χ0) is 14.6. The van der Waals surface area contributed by atoms with Gasteiger partial charge in [-0.25, -0.2) is 8.42 Å². The molecule has 0 saturated carbocycles. The first-order valence-corrected chi connectivity index (χ1v) is 8.79. The van der Waals surface area contributed by atoms with E-state index in [1.165, 1.54) is 6.42 Å². The zero-order valence-electron chi connectivity index (χ0n) is 12.4. The molecule has 0 bridgehead atoms. The van der Waals surface area contributed by atoms with E-state index in [0.717, 1.165) is 31.4 Å². The van der Waals surface area contributed by atoms with Gasteiger partial charge in [0.1, 0.15) is 4.90 Å². The first-order valence-electron chi connectivity index (χ1n) is 7.35. The largest absolute Gasteiger partial charge is 0.352 e. The van der Waals surface area contributed by atoms with Gasteiger partial charge in [-0.2, -0.15) is 4.31 Å². The molecule has 5 nitrogen and oxygen atoms in total. The fraction of sp³-hybridized carbons (Fsp3) is 0.714. The number of aryl methyl sites for hydroxylation is 1. The molecule has 1 aliphatic heterocycles. The van der Waals surface area contributed by atoms with Crippen LogP contribution in [0.2, 0.25) is 0 Å². The predicted molar refractivity (Wildman–Crippen MR) is 80.0 cm³/mol.